The molecule has 0 aromatic carbocycles. The Balaban J connectivity index is 1.96. The molecule has 2 rings (SSSR count). The Morgan fingerprint density at radius 1 is 1.56 bits per heavy atom. The lowest BCUT2D eigenvalue weighted by molar-refractivity contribution is 0.0936. The Hall–Kier alpha value is -1.29. The molecular formula is C12H18N2O2. The zero-order valence-corrected chi connectivity index (χ0v) is 9.35. The summed E-state index contributed by atoms with van der Waals surface area (Å²) in [4.78, 5) is 11.8. The Labute approximate surface area is 95.3 Å². The van der Waals surface area contributed by atoms with Crippen LogP contribution in [0.4, 0.5) is 0 Å². The second kappa shape index (κ2) is 5.16. The number of nitrogens with one attached hydrogen (secondary N) is 1. The molecule has 0 atom stereocenters. The highest BCUT2D eigenvalue weighted by molar-refractivity contribution is 5.92. The third-order valence-electron chi connectivity index (χ3n) is 3.10. The van der Waals surface area contributed by atoms with Gasteiger partial charge in [-0.1, -0.05) is 0 Å². The summed E-state index contributed by atoms with van der Waals surface area (Å²) in [6.45, 7) is 0.648. The number of amides is 1. The molecule has 0 aliphatic heterocycles. The average Bonchev–Trinajstić information content (AvgIpc) is 2.64. The number of nitrogens with zero attached hydrogens (tertiary/aromatic N) is 1. The third kappa shape index (κ3) is 2.27. The van der Waals surface area contributed by atoms with E-state index in [4.69, 9.17) is 5.11 Å². The summed E-state index contributed by atoms with van der Waals surface area (Å²) in [6, 6.07) is 4.28. The second-order valence-electron chi connectivity index (χ2n) is 4.22. The minimum Gasteiger partial charge on any atom is -0.396 e. The van der Waals surface area contributed by atoms with E-state index >= 15 is 0 Å². The summed E-state index contributed by atoms with van der Waals surface area (Å²) in [5.74, 6) is -0.0367. The lowest BCUT2D eigenvalue weighted by Gasteiger charge is -2.28. The molecule has 16 heavy (non-hydrogen) atoms. The van der Waals surface area contributed by atoms with E-state index in [0.29, 0.717) is 19.0 Å². The summed E-state index contributed by atoms with van der Waals surface area (Å²) < 4.78 is 2.07. The number of aliphatic hydroxyl groups is 1. The van der Waals surface area contributed by atoms with Crippen molar-refractivity contribution in [2.24, 2.45) is 0 Å². The molecule has 4 nitrogen and oxygen atoms in total. The van der Waals surface area contributed by atoms with Crippen molar-refractivity contribution in [3.05, 3.63) is 24.0 Å². The lowest BCUT2D eigenvalue weighted by Crippen LogP contribution is -2.29. The first kappa shape index (κ1) is 11.2. The fourth-order valence-corrected chi connectivity index (χ4v) is 1.94. The summed E-state index contributed by atoms with van der Waals surface area (Å²) in [5.41, 5.74) is 0.739. The van der Waals surface area contributed by atoms with Gasteiger partial charge in [-0.2, -0.15) is 0 Å². The molecule has 0 spiro atoms. The van der Waals surface area contributed by atoms with Gasteiger partial charge < -0.3 is 15.0 Å². The Morgan fingerprint density at radius 2 is 2.38 bits per heavy atom. The van der Waals surface area contributed by atoms with Crippen LogP contribution in [0, 0.1) is 0 Å². The van der Waals surface area contributed by atoms with Crippen LogP contribution in [0.2, 0.25) is 0 Å². The Bertz CT molecular complexity index is 356. The van der Waals surface area contributed by atoms with Crippen LogP contribution in [0.5, 0.6) is 0 Å². The van der Waals surface area contributed by atoms with Crippen molar-refractivity contribution < 1.29 is 9.90 Å². The van der Waals surface area contributed by atoms with Gasteiger partial charge in [0.1, 0.15) is 5.69 Å². The van der Waals surface area contributed by atoms with Crippen molar-refractivity contribution in [1.82, 2.24) is 9.88 Å². The molecule has 0 radical (unpaired) electrons. The molecule has 1 aliphatic rings. The molecule has 1 aromatic heterocycles. The topological polar surface area (TPSA) is 54.3 Å². The zero-order chi connectivity index (χ0) is 11.4. The average molecular weight is 222 g/mol. The van der Waals surface area contributed by atoms with E-state index in [1.165, 1.54) is 19.3 Å². The van der Waals surface area contributed by atoms with Gasteiger partial charge >= 0.3 is 0 Å². The number of aliphatic hydroxyl groups excluding tert-OH is 1. The highest BCUT2D eigenvalue weighted by Crippen LogP contribution is 2.32. The molecule has 1 aromatic rings. The molecule has 1 saturated carbocycles. The predicted octanol–water partition coefficient (Wildman–Crippen LogP) is 1.33. The van der Waals surface area contributed by atoms with E-state index in [0.717, 1.165) is 5.69 Å². The van der Waals surface area contributed by atoms with E-state index in [1.807, 2.05) is 18.3 Å². The van der Waals surface area contributed by atoms with Crippen molar-refractivity contribution in [1.29, 1.82) is 0 Å². The Morgan fingerprint density at radius 3 is 3.00 bits per heavy atom. The summed E-state index contributed by atoms with van der Waals surface area (Å²) in [6.07, 6.45) is 6.19. The molecule has 1 amide bonds. The molecule has 2 N–H and O–H groups in total. The monoisotopic (exact) mass is 222 g/mol. The van der Waals surface area contributed by atoms with Gasteiger partial charge in [-0.15, -0.1) is 0 Å². The minimum absolute atomic E-state index is 0.0367. The fourth-order valence-electron chi connectivity index (χ4n) is 1.94. The largest absolute Gasteiger partial charge is 0.396 e. The first-order valence-electron chi connectivity index (χ1n) is 5.89. The van der Waals surface area contributed by atoms with Crippen LogP contribution in [0.1, 0.15) is 42.2 Å². The lowest BCUT2D eigenvalue weighted by atomic mass is 9.93. The normalized spacial score (nSPS) is 15.8. The van der Waals surface area contributed by atoms with E-state index in [2.05, 4.69) is 9.88 Å². The standard InChI is InChI=1S/C12H18N2O2/c15-9-3-7-13-12(16)11-6-2-8-14(11)10-4-1-5-10/h2,6,8,10,15H,1,3-5,7,9H2,(H,13,16). The molecule has 88 valence electrons. The van der Waals surface area contributed by atoms with Crippen LogP contribution in [0.25, 0.3) is 0 Å². The number of rotatable bonds is 5. The SMILES string of the molecule is O=C(NCCCO)c1cccn1C1CCC1. The van der Waals surface area contributed by atoms with Gasteiger partial charge in [-0.25, -0.2) is 0 Å². The van der Waals surface area contributed by atoms with Crippen molar-refractivity contribution >= 4 is 5.91 Å². The molecule has 0 saturated heterocycles. The predicted molar refractivity (Wildman–Crippen MR) is 61.4 cm³/mol. The number of carbonyl (C=O) groups excluding carboxylic acids is 1. The smallest absolute Gasteiger partial charge is 0.267 e. The van der Waals surface area contributed by atoms with Crippen molar-refractivity contribution in [2.75, 3.05) is 13.2 Å². The summed E-state index contributed by atoms with van der Waals surface area (Å²) in [7, 11) is 0. The van der Waals surface area contributed by atoms with Crippen LogP contribution < -0.4 is 5.32 Å². The van der Waals surface area contributed by atoms with Gasteiger partial charge in [0.05, 0.1) is 0 Å². The minimum atomic E-state index is -0.0367. The third-order valence-corrected chi connectivity index (χ3v) is 3.10. The number of aromatic nitrogens is 1. The number of carbonyl (C=O) groups is 1. The second-order valence-corrected chi connectivity index (χ2v) is 4.22. The first-order valence-corrected chi connectivity index (χ1v) is 5.89. The fraction of sp³-hybridized carbons (Fsp3) is 0.583. The van der Waals surface area contributed by atoms with Crippen molar-refractivity contribution in [3.63, 3.8) is 0 Å². The van der Waals surface area contributed by atoms with Crippen molar-refractivity contribution in [3.8, 4) is 0 Å². The van der Waals surface area contributed by atoms with Crippen LogP contribution in [0.15, 0.2) is 18.3 Å². The highest BCUT2D eigenvalue weighted by atomic mass is 16.3. The van der Waals surface area contributed by atoms with Gasteiger partial charge in [0.15, 0.2) is 0 Å². The van der Waals surface area contributed by atoms with Gasteiger partial charge in [0.2, 0.25) is 0 Å². The van der Waals surface area contributed by atoms with Crippen LogP contribution in [-0.2, 0) is 0 Å². The van der Waals surface area contributed by atoms with Gasteiger partial charge in [0.25, 0.3) is 5.91 Å². The maximum absolute atomic E-state index is 11.8. The van der Waals surface area contributed by atoms with Crippen LogP contribution >= 0.6 is 0 Å². The van der Waals surface area contributed by atoms with Gasteiger partial charge in [0, 0.05) is 25.4 Å². The molecule has 1 aliphatic carbocycles. The Kier molecular flexibility index (Phi) is 3.62. The van der Waals surface area contributed by atoms with Crippen LogP contribution in [0.3, 0.4) is 0 Å². The zero-order valence-electron chi connectivity index (χ0n) is 9.35. The van der Waals surface area contributed by atoms with E-state index in [-0.39, 0.29) is 12.5 Å². The molecule has 0 unspecified atom stereocenters. The maximum atomic E-state index is 11.8. The number of hydrogen-bond donors (Lipinski definition) is 2. The first-order chi connectivity index (χ1) is 7.83. The van der Waals surface area contributed by atoms with Crippen molar-refractivity contribution in [2.45, 2.75) is 31.7 Å². The number of hydrogen-bond acceptors (Lipinski definition) is 2. The van der Waals surface area contributed by atoms with E-state index in [1.54, 1.807) is 0 Å². The molecule has 1 fully saturated rings. The quantitative estimate of drug-likeness (QED) is 0.738. The summed E-state index contributed by atoms with van der Waals surface area (Å²) in [5, 5.41) is 11.5. The maximum Gasteiger partial charge on any atom is 0.267 e. The highest BCUT2D eigenvalue weighted by Gasteiger charge is 2.22. The van der Waals surface area contributed by atoms with Crippen LogP contribution in [-0.4, -0.2) is 28.7 Å². The summed E-state index contributed by atoms with van der Waals surface area (Å²) >= 11 is 0. The molecular weight excluding hydrogens is 204 g/mol. The molecule has 0 bridgehead atoms. The van der Waals surface area contributed by atoms with Gasteiger partial charge in [-0.3, -0.25) is 4.79 Å². The van der Waals surface area contributed by atoms with E-state index in [9.17, 15) is 4.79 Å². The molecule has 1 heterocycles. The van der Waals surface area contributed by atoms with E-state index < -0.39 is 0 Å². The molecule has 4 heteroatoms. The van der Waals surface area contributed by atoms with Gasteiger partial charge in [-0.05, 0) is 37.8 Å².